The number of nitrogens with one attached hydrogen (secondary N) is 1. The summed E-state index contributed by atoms with van der Waals surface area (Å²) in [5.41, 5.74) is 1.58. The van der Waals surface area contributed by atoms with E-state index < -0.39 is 11.6 Å². The Kier molecular flexibility index (Phi) is 4.13. The molecule has 20 heavy (non-hydrogen) atoms. The number of benzene rings is 2. The van der Waals surface area contributed by atoms with Gasteiger partial charge in [-0.2, -0.15) is 0 Å². The average Bonchev–Trinajstić information content (AvgIpc) is 2.86. The van der Waals surface area contributed by atoms with E-state index in [0.717, 1.165) is 6.07 Å². The number of aromatic amines is 1. The number of hydrogen-bond donors (Lipinski definition) is 1. The molecule has 3 aromatic rings. The maximum absolute atomic E-state index is 13.5. The molecular formula is C16H14F3N. The van der Waals surface area contributed by atoms with Crippen molar-refractivity contribution in [3.05, 3.63) is 59.9 Å². The Hall–Kier alpha value is -2.23. The van der Waals surface area contributed by atoms with Crippen LogP contribution in [0.5, 0.6) is 0 Å². The standard InChI is InChI=1S/C14H8F3N.C2H6/c15-10-3-1-8(2-4-10)13-6-9-5-11(16)7-12(17)14(9)18-13;1-2/h1-7,18H;1-2H3. The highest BCUT2D eigenvalue weighted by molar-refractivity contribution is 5.86. The Balaban J connectivity index is 0.000000704. The molecule has 1 aromatic heterocycles. The number of halogens is 3. The molecule has 0 spiro atoms. The SMILES string of the molecule is CC.Fc1ccc(-c2cc3cc(F)cc(F)c3[nH]2)cc1. The van der Waals surface area contributed by atoms with Gasteiger partial charge >= 0.3 is 0 Å². The predicted octanol–water partition coefficient (Wildman–Crippen LogP) is 5.28. The zero-order valence-corrected chi connectivity index (χ0v) is 11.2. The second kappa shape index (κ2) is 5.82. The highest BCUT2D eigenvalue weighted by atomic mass is 19.1. The Bertz CT molecular complexity index is 714. The first-order valence-corrected chi connectivity index (χ1v) is 6.37. The van der Waals surface area contributed by atoms with Crippen molar-refractivity contribution in [3.63, 3.8) is 0 Å². The van der Waals surface area contributed by atoms with Gasteiger partial charge < -0.3 is 4.98 Å². The fourth-order valence-electron chi connectivity index (χ4n) is 1.95. The van der Waals surface area contributed by atoms with Gasteiger partial charge in [0.05, 0.1) is 5.52 Å². The quantitative estimate of drug-likeness (QED) is 0.623. The molecule has 1 nitrogen and oxygen atoms in total. The minimum Gasteiger partial charge on any atom is -0.352 e. The molecule has 0 aliphatic carbocycles. The summed E-state index contributed by atoms with van der Waals surface area (Å²) < 4.78 is 39.4. The predicted molar refractivity (Wildman–Crippen MR) is 75.0 cm³/mol. The number of H-pyrrole nitrogens is 1. The van der Waals surface area contributed by atoms with Crippen molar-refractivity contribution in [1.82, 2.24) is 4.98 Å². The molecule has 3 rings (SSSR count). The average molecular weight is 277 g/mol. The minimum absolute atomic E-state index is 0.246. The van der Waals surface area contributed by atoms with Crippen molar-refractivity contribution in [3.8, 4) is 11.3 Å². The first kappa shape index (κ1) is 14.2. The molecule has 0 amide bonds. The summed E-state index contributed by atoms with van der Waals surface area (Å²) in [6.45, 7) is 4.00. The summed E-state index contributed by atoms with van der Waals surface area (Å²) in [5, 5.41) is 0.451. The third kappa shape index (κ3) is 2.69. The highest BCUT2D eigenvalue weighted by Crippen LogP contribution is 2.26. The second-order valence-corrected chi connectivity index (χ2v) is 4.04. The normalized spacial score (nSPS) is 10.2. The summed E-state index contributed by atoms with van der Waals surface area (Å²) in [6.07, 6.45) is 0. The van der Waals surface area contributed by atoms with Gasteiger partial charge in [0.1, 0.15) is 17.5 Å². The van der Waals surface area contributed by atoms with E-state index in [4.69, 9.17) is 0 Å². The molecule has 0 unspecified atom stereocenters. The molecule has 0 aliphatic heterocycles. The molecule has 0 fully saturated rings. The molecule has 4 heteroatoms. The molecule has 0 saturated heterocycles. The molecular weight excluding hydrogens is 263 g/mol. The lowest BCUT2D eigenvalue weighted by molar-refractivity contribution is 0.591. The second-order valence-electron chi connectivity index (χ2n) is 4.04. The number of rotatable bonds is 1. The molecule has 0 atom stereocenters. The van der Waals surface area contributed by atoms with Gasteiger partial charge in [0.2, 0.25) is 0 Å². The van der Waals surface area contributed by atoms with Crippen molar-refractivity contribution < 1.29 is 13.2 Å². The van der Waals surface area contributed by atoms with Gasteiger partial charge in [0.25, 0.3) is 0 Å². The van der Waals surface area contributed by atoms with Crippen LogP contribution in [0.15, 0.2) is 42.5 Å². The van der Waals surface area contributed by atoms with Crippen LogP contribution in [0.25, 0.3) is 22.2 Å². The first-order valence-electron chi connectivity index (χ1n) is 6.37. The summed E-state index contributed by atoms with van der Waals surface area (Å²) in [4.78, 5) is 2.86. The lowest BCUT2D eigenvalue weighted by atomic mass is 10.1. The molecule has 2 aromatic carbocycles. The van der Waals surface area contributed by atoms with Gasteiger partial charge in [-0.15, -0.1) is 0 Å². The first-order chi connectivity index (χ1) is 9.63. The molecule has 104 valence electrons. The van der Waals surface area contributed by atoms with E-state index in [1.54, 1.807) is 18.2 Å². The van der Waals surface area contributed by atoms with E-state index in [2.05, 4.69) is 4.98 Å². The van der Waals surface area contributed by atoms with Gasteiger partial charge in [0, 0.05) is 17.1 Å². The van der Waals surface area contributed by atoms with E-state index in [1.807, 2.05) is 13.8 Å². The lowest BCUT2D eigenvalue weighted by Gasteiger charge is -1.96. The summed E-state index contributed by atoms with van der Waals surface area (Å²) in [5.74, 6) is -1.60. The van der Waals surface area contributed by atoms with Crippen LogP contribution in [0.1, 0.15) is 13.8 Å². The van der Waals surface area contributed by atoms with Crippen LogP contribution in [0, 0.1) is 17.5 Å². The highest BCUT2D eigenvalue weighted by Gasteiger charge is 2.09. The zero-order chi connectivity index (χ0) is 14.7. The molecule has 0 bridgehead atoms. The van der Waals surface area contributed by atoms with Crippen LogP contribution in [0.3, 0.4) is 0 Å². The maximum atomic E-state index is 13.5. The van der Waals surface area contributed by atoms with Crippen LogP contribution in [-0.2, 0) is 0 Å². The summed E-state index contributed by atoms with van der Waals surface area (Å²) in [6, 6.07) is 9.50. The summed E-state index contributed by atoms with van der Waals surface area (Å²) in [7, 11) is 0. The van der Waals surface area contributed by atoms with E-state index in [0.29, 0.717) is 16.6 Å². The largest absolute Gasteiger partial charge is 0.352 e. The van der Waals surface area contributed by atoms with E-state index >= 15 is 0 Å². The van der Waals surface area contributed by atoms with Crippen LogP contribution in [0.4, 0.5) is 13.2 Å². The van der Waals surface area contributed by atoms with Gasteiger partial charge in [-0.05, 0) is 42.0 Å². The molecule has 0 saturated carbocycles. The van der Waals surface area contributed by atoms with Crippen molar-refractivity contribution in [2.75, 3.05) is 0 Å². The Morgan fingerprint density at radius 1 is 0.800 bits per heavy atom. The molecule has 0 radical (unpaired) electrons. The fraction of sp³-hybridized carbons (Fsp3) is 0.125. The van der Waals surface area contributed by atoms with Gasteiger partial charge in [0.15, 0.2) is 0 Å². The van der Waals surface area contributed by atoms with Crippen molar-refractivity contribution in [2.24, 2.45) is 0 Å². The molecule has 1 heterocycles. The Labute approximate surface area is 115 Å². The van der Waals surface area contributed by atoms with E-state index in [1.165, 1.54) is 18.2 Å². The fourth-order valence-corrected chi connectivity index (χ4v) is 1.95. The Morgan fingerprint density at radius 2 is 1.45 bits per heavy atom. The number of aromatic nitrogens is 1. The van der Waals surface area contributed by atoms with Crippen molar-refractivity contribution >= 4 is 10.9 Å². The Morgan fingerprint density at radius 3 is 2.10 bits per heavy atom. The monoisotopic (exact) mass is 277 g/mol. The summed E-state index contributed by atoms with van der Waals surface area (Å²) >= 11 is 0. The van der Waals surface area contributed by atoms with Crippen molar-refractivity contribution in [1.29, 1.82) is 0 Å². The van der Waals surface area contributed by atoms with Crippen LogP contribution >= 0.6 is 0 Å². The van der Waals surface area contributed by atoms with E-state index in [9.17, 15) is 13.2 Å². The minimum atomic E-state index is -0.640. The zero-order valence-electron chi connectivity index (χ0n) is 11.2. The van der Waals surface area contributed by atoms with Gasteiger partial charge in [-0.1, -0.05) is 13.8 Å². The van der Waals surface area contributed by atoms with Crippen LogP contribution < -0.4 is 0 Å². The van der Waals surface area contributed by atoms with Gasteiger partial charge in [-0.3, -0.25) is 0 Å². The maximum Gasteiger partial charge on any atom is 0.150 e. The lowest BCUT2D eigenvalue weighted by Crippen LogP contribution is -1.81. The van der Waals surface area contributed by atoms with Crippen molar-refractivity contribution in [2.45, 2.75) is 13.8 Å². The van der Waals surface area contributed by atoms with Gasteiger partial charge in [-0.25, -0.2) is 13.2 Å². The number of hydrogen-bond acceptors (Lipinski definition) is 0. The van der Waals surface area contributed by atoms with Crippen LogP contribution in [0.2, 0.25) is 0 Å². The van der Waals surface area contributed by atoms with Crippen LogP contribution in [-0.4, -0.2) is 4.98 Å². The van der Waals surface area contributed by atoms with E-state index in [-0.39, 0.29) is 11.3 Å². The number of fused-ring (bicyclic) bond motifs is 1. The molecule has 1 N–H and O–H groups in total. The third-order valence-corrected chi connectivity index (χ3v) is 2.80. The third-order valence-electron chi connectivity index (χ3n) is 2.80. The smallest absolute Gasteiger partial charge is 0.150 e. The molecule has 0 aliphatic rings. The topological polar surface area (TPSA) is 15.8 Å².